The molecule has 2 heterocycles. The highest BCUT2D eigenvalue weighted by atomic mass is 16.2. The highest BCUT2D eigenvalue weighted by molar-refractivity contribution is 5.80. The van der Waals surface area contributed by atoms with Crippen molar-refractivity contribution in [3.8, 4) is 0 Å². The van der Waals surface area contributed by atoms with Crippen molar-refractivity contribution in [1.82, 2.24) is 20.0 Å². The average Bonchev–Trinajstić information content (AvgIpc) is 2.79. The third kappa shape index (κ3) is 4.84. The Bertz CT molecular complexity index is 585. The third-order valence-corrected chi connectivity index (χ3v) is 5.93. The second-order valence-electron chi connectivity index (χ2n) is 8.56. The second kappa shape index (κ2) is 7.90. The number of aromatic nitrogens is 2. The molecule has 1 saturated heterocycles. The van der Waals surface area contributed by atoms with Gasteiger partial charge in [-0.15, -0.1) is 0 Å². The van der Waals surface area contributed by atoms with Crippen LogP contribution in [0.4, 0.5) is 0 Å². The molecule has 25 heavy (non-hydrogen) atoms. The number of amides is 1. The molecule has 0 unspecified atom stereocenters. The number of fused-ring (bicyclic) bond motifs is 1. The van der Waals surface area contributed by atoms with Gasteiger partial charge in [0.25, 0.3) is 0 Å². The van der Waals surface area contributed by atoms with E-state index < -0.39 is 0 Å². The Morgan fingerprint density at radius 1 is 1.28 bits per heavy atom. The molecular formula is C20H34N4O. The summed E-state index contributed by atoms with van der Waals surface area (Å²) in [6.45, 7) is 7.86. The van der Waals surface area contributed by atoms with Crippen molar-refractivity contribution >= 4 is 5.91 Å². The van der Waals surface area contributed by atoms with Crippen LogP contribution in [0.1, 0.15) is 63.6 Å². The lowest BCUT2D eigenvalue weighted by atomic mass is 9.86. The largest absolute Gasteiger partial charge is 0.351 e. The number of carbonyl (C=O) groups is 1. The molecule has 0 saturated carbocycles. The Morgan fingerprint density at radius 2 is 2.00 bits per heavy atom. The predicted octanol–water partition coefficient (Wildman–Crippen LogP) is 2.69. The minimum atomic E-state index is -0.143. The van der Waals surface area contributed by atoms with Crippen molar-refractivity contribution in [2.45, 2.75) is 70.8 Å². The lowest BCUT2D eigenvalue weighted by molar-refractivity contribution is -0.127. The number of rotatable bonds is 5. The first kappa shape index (κ1) is 18.4. The van der Waals surface area contributed by atoms with Gasteiger partial charge in [-0.3, -0.25) is 9.48 Å². The summed E-state index contributed by atoms with van der Waals surface area (Å²) in [7, 11) is 1.98. The predicted molar refractivity (Wildman–Crippen MR) is 100 cm³/mol. The fraction of sp³-hybridized carbons (Fsp3) is 0.800. The van der Waals surface area contributed by atoms with Crippen LogP contribution >= 0.6 is 0 Å². The van der Waals surface area contributed by atoms with E-state index in [1.165, 1.54) is 50.0 Å². The van der Waals surface area contributed by atoms with Gasteiger partial charge >= 0.3 is 0 Å². The molecule has 0 spiro atoms. The quantitative estimate of drug-likeness (QED) is 0.892. The Labute approximate surface area is 152 Å². The Hall–Kier alpha value is -1.36. The standard InChI is InChI=1S/C20H34N4O/c1-20(2,10-13-24-11-6-4-5-7-12-24)22-19(25)16-8-9-17-15-21-23(3)18(17)14-16/h15-16H,4-14H2,1-3H3,(H,22,25)/t16-/m0/s1. The van der Waals surface area contributed by atoms with E-state index in [1.807, 2.05) is 17.9 Å². The van der Waals surface area contributed by atoms with Crippen LogP contribution in [-0.2, 0) is 24.7 Å². The maximum Gasteiger partial charge on any atom is 0.223 e. The van der Waals surface area contributed by atoms with Gasteiger partial charge in [-0.25, -0.2) is 0 Å². The highest BCUT2D eigenvalue weighted by Crippen LogP contribution is 2.26. The molecule has 1 fully saturated rings. The normalized spacial score (nSPS) is 22.3. The van der Waals surface area contributed by atoms with Crippen molar-refractivity contribution in [3.63, 3.8) is 0 Å². The summed E-state index contributed by atoms with van der Waals surface area (Å²) < 4.78 is 1.93. The molecule has 1 aliphatic heterocycles. The zero-order valence-electron chi connectivity index (χ0n) is 16.2. The molecule has 2 aliphatic rings. The Morgan fingerprint density at radius 3 is 2.72 bits per heavy atom. The molecule has 1 amide bonds. The SMILES string of the molecule is Cn1ncc2c1C[C@@H](C(=O)NC(C)(C)CCN1CCCCCC1)CC2. The van der Waals surface area contributed by atoms with E-state index in [9.17, 15) is 4.79 Å². The lowest BCUT2D eigenvalue weighted by Gasteiger charge is -2.32. The van der Waals surface area contributed by atoms with Gasteiger partial charge in [0, 0.05) is 37.2 Å². The Kier molecular flexibility index (Phi) is 5.82. The first-order chi connectivity index (χ1) is 11.9. The van der Waals surface area contributed by atoms with Gasteiger partial charge in [0.15, 0.2) is 0 Å². The van der Waals surface area contributed by atoms with Gasteiger partial charge in [-0.2, -0.15) is 5.10 Å². The van der Waals surface area contributed by atoms with Crippen LogP contribution in [0.15, 0.2) is 6.20 Å². The van der Waals surface area contributed by atoms with Crippen LogP contribution in [-0.4, -0.2) is 45.8 Å². The minimum Gasteiger partial charge on any atom is -0.351 e. The van der Waals surface area contributed by atoms with E-state index in [2.05, 4.69) is 29.2 Å². The van der Waals surface area contributed by atoms with E-state index in [1.54, 1.807) is 0 Å². The topological polar surface area (TPSA) is 50.2 Å². The molecular weight excluding hydrogens is 312 g/mol. The van der Waals surface area contributed by atoms with Crippen LogP contribution in [0.3, 0.4) is 0 Å². The van der Waals surface area contributed by atoms with E-state index in [4.69, 9.17) is 0 Å². The van der Waals surface area contributed by atoms with E-state index in [0.29, 0.717) is 0 Å². The lowest BCUT2D eigenvalue weighted by Crippen LogP contribution is -2.48. The van der Waals surface area contributed by atoms with Crippen LogP contribution in [0.2, 0.25) is 0 Å². The number of carbonyl (C=O) groups excluding carboxylic acids is 1. The summed E-state index contributed by atoms with van der Waals surface area (Å²) in [6.07, 6.45) is 11.1. The van der Waals surface area contributed by atoms with Crippen LogP contribution in [0.25, 0.3) is 0 Å². The molecule has 1 atom stereocenters. The van der Waals surface area contributed by atoms with Crippen LogP contribution < -0.4 is 5.32 Å². The van der Waals surface area contributed by atoms with Crippen molar-refractivity contribution in [3.05, 3.63) is 17.5 Å². The molecule has 5 heteroatoms. The van der Waals surface area contributed by atoms with Crippen molar-refractivity contribution < 1.29 is 4.79 Å². The van der Waals surface area contributed by atoms with Crippen LogP contribution in [0.5, 0.6) is 0 Å². The molecule has 1 aromatic heterocycles. The smallest absolute Gasteiger partial charge is 0.223 e. The molecule has 140 valence electrons. The maximum atomic E-state index is 12.8. The molecule has 1 aliphatic carbocycles. The summed E-state index contributed by atoms with van der Waals surface area (Å²) >= 11 is 0. The minimum absolute atomic E-state index is 0.0837. The third-order valence-electron chi connectivity index (χ3n) is 5.93. The molecule has 1 aromatic rings. The number of hydrogen-bond acceptors (Lipinski definition) is 3. The second-order valence-corrected chi connectivity index (χ2v) is 8.56. The van der Waals surface area contributed by atoms with Crippen molar-refractivity contribution in [2.75, 3.05) is 19.6 Å². The molecule has 5 nitrogen and oxygen atoms in total. The first-order valence-corrected chi connectivity index (χ1v) is 9.99. The highest BCUT2D eigenvalue weighted by Gasteiger charge is 2.30. The molecule has 0 radical (unpaired) electrons. The molecule has 1 N–H and O–H groups in total. The summed E-state index contributed by atoms with van der Waals surface area (Å²) in [5.41, 5.74) is 2.40. The monoisotopic (exact) mass is 346 g/mol. The van der Waals surface area contributed by atoms with Gasteiger partial charge in [0.05, 0.1) is 6.20 Å². The van der Waals surface area contributed by atoms with Gasteiger partial charge in [-0.05, 0) is 64.6 Å². The number of hydrogen-bond donors (Lipinski definition) is 1. The van der Waals surface area contributed by atoms with E-state index in [-0.39, 0.29) is 17.4 Å². The van der Waals surface area contributed by atoms with Gasteiger partial charge in [0.2, 0.25) is 5.91 Å². The molecule has 0 aromatic carbocycles. The number of nitrogens with one attached hydrogen (secondary N) is 1. The zero-order valence-corrected chi connectivity index (χ0v) is 16.2. The van der Waals surface area contributed by atoms with Gasteiger partial charge < -0.3 is 10.2 Å². The fourth-order valence-corrected chi connectivity index (χ4v) is 4.16. The molecule has 3 rings (SSSR count). The number of nitrogens with zero attached hydrogens (tertiary/aromatic N) is 3. The summed E-state index contributed by atoms with van der Waals surface area (Å²) in [4.78, 5) is 15.4. The van der Waals surface area contributed by atoms with Crippen LogP contribution in [0, 0.1) is 5.92 Å². The van der Waals surface area contributed by atoms with E-state index >= 15 is 0 Å². The van der Waals surface area contributed by atoms with Crippen molar-refractivity contribution in [1.29, 1.82) is 0 Å². The van der Waals surface area contributed by atoms with Gasteiger partial charge in [0.1, 0.15) is 0 Å². The zero-order chi connectivity index (χ0) is 17.9. The number of aryl methyl sites for hydroxylation is 2. The number of likely N-dealkylation sites (tertiary alicyclic amines) is 1. The average molecular weight is 347 g/mol. The summed E-state index contributed by atoms with van der Waals surface area (Å²) in [6, 6.07) is 0. The molecule has 0 bridgehead atoms. The van der Waals surface area contributed by atoms with E-state index in [0.717, 1.165) is 32.2 Å². The summed E-state index contributed by atoms with van der Waals surface area (Å²) in [5.74, 6) is 0.299. The maximum absolute atomic E-state index is 12.8. The Balaban J connectivity index is 1.50. The fourth-order valence-electron chi connectivity index (χ4n) is 4.16. The first-order valence-electron chi connectivity index (χ1n) is 9.99. The summed E-state index contributed by atoms with van der Waals surface area (Å²) in [5, 5.41) is 7.66. The van der Waals surface area contributed by atoms with Gasteiger partial charge in [-0.1, -0.05) is 12.8 Å². The van der Waals surface area contributed by atoms with Crippen molar-refractivity contribution in [2.24, 2.45) is 13.0 Å².